The summed E-state index contributed by atoms with van der Waals surface area (Å²) in [5.41, 5.74) is 3.70. The van der Waals surface area contributed by atoms with Crippen molar-refractivity contribution in [2.24, 2.45) is 5.41 Å². The van der Waals surface area contributed by atoms with Crippen molar-refractivity contribution < 1.29 is 14.3 Å². The Kier molecular flexibility index (Phi) is 5.33. The Labute approximate surface area is 197 Å². The van der Waals surface area contributed by atoms with E-state index >= 15 is 0 Å². The van der Waals surface area contributed by atoms with Crippen molar-refractivity contribution in [3.8, 4) is 5.75 Å². The number of hydrogen-bond donors (Lipinski definition) is 1. The van der Waals surface area contributed by atoms with Gasteiger partial charge in [0.1, 0.15) is 5.75 Å². The molecule has 168 valence electrons. The number of nitrogens with zero attached hydrogens (tertiary/aromatic N) is 1. The molecule has 0 saturated heterocycles. The number of anilines is 2. The van der Waals surface area contributed by atoms with Crippen LogP contribution in [-0.2, 0) is 4.79 Å². The van der Waals surface area contributed by atoms with E-state index in [1.165, 1.54) is 11.3 Å². The van der Waals surface area contributed by atoms with Crippen LogP contribution in [-0.4, -0.2) is 18.8 Å². The third kappa shape index (κ3) is 3.74. The molecule has 3 aromatic rings. The van der Waals surface area contributed by atoms with Crippen molar-refractivity contribution in [3.05, 3.63) is 87.8 Å². The van der Waals surface area contributed by atoms with Gasteiger partial charge < -0.3 is 10.1 Å². The van der Waals surface area contributed by atoms with Crippen molar-refractivity contribution in [1.82, 2.24) is 0 Å². The fourth-order valence-corrected chi connectivity index (χ4v) is 5.58. The number of fused-ring (bicyclic) bond motifs is 1. The van der Waals surface area contributed by atoms with Gasteiger partial charge in [0.25, 0.3) is 5.91 Å². The van der Waals surface area contributed by atoms with E-state index in [4.69, 9.17) is 4.74 Å². The SMILES string of the molecule is COc1ccccc1[C@@H]1C2=C(CC(C)(C)CC2=O)Nc2ccccc2N1C(=O)c1cccs1. The number of ether oxygens (including phenoxy) is 1. The maximum Gasteiger partial charge on any atom is 0.269 e. The molecular weight excluding hydrogens is 432 g/mol. The summed E-state index contributed by atoms with van der Waals surface area (Å²) in [5.74, 6) is 0.568. The van der Waals surface area contributed by atoms with E-state index in [1.807, 2.05) is 66.0 Å². The van der Waals surface area contributed by atoms with Gasteiger partial charge in [-0.2, -0.15) is 0 Å². The molecule has 0 spiro atoms. The molecule has 1 amide bonds. The minimum atomic E-state index is -0.606. The lowest BCUT2D eigenvalue weighted by Gasteiger charge is -2.37. The molecule has 0 unspecified atom stereocenters. The van der Waals surface area contributed by atoms with Crippen molar-refractivity contribution in [1.29, 1.82) is 0 Å². The highest BCUT2D eigenvalue weighted by Gasteiger charge is 2.44. The van der Waals surface area contributed by atoms with E-state index in [2.05, 4.69) is 19.2 Å². The number of hydrogen-bond acceptors (Lipinski definition) is 5. The number of allylic oxidation sites excluding steroid dienone is 1. The number of para-hydroxylation sites is 3. The van der Waals surface area contributed by atoms with Gasteiger partial charge in [0, 0.05) is 23.3 Å². The third-order valence-electron chi connectivity index (χ3n) is 6.29. The number of benzene rings is 2. The molecule has 33 heavy (non-hydrogen) atoms. The Morgan fingerprint density at radius 2 is 1.82 bits per heavy atom. The minimum absolute atomic E-state index is 0.0569. The Bertz CT molecular complexity index is 1260. The molecule has 2 aliphatic rings. The molecule has 1 aliphatic carbocycles. The summed E-state index contributed by atoms with van der Waals surface area (Å²) in [6.07, 6.45) is 1.14. The molecular formula is C27H26N2O3S. The second-order valence-corrected chi connectivity index (χ2v) is 10.2. The molecule has 1 aliphatic heterocycles. The Morgan fingerprint density at radius 3 is 2.58 bits per heavy atom. The van der Waals surface area contributed by atoms with Crippen LogP contribution in [0.1, 0.15) is 48.0 Å². The van der Waals surface area contributed by atoms with Gasteiger partial charge in [-0.3, -0.25) is 14.5 Å². The summed E-state index contributed by atoms with van der Waals surface area (Å²) in [7, 11) is 1.62. The molecule has 2 aromatic carbocycles. The number of carbonyl (C=O) groups is 2. The molecule has 1 aromatic heterocycles. The number of rotatable bonds is 3. The molecule has 5 nitrogen and oxygen atoms in total. The first kappa shape index (κ1) is 21.5. The molecule has 1 N–H and O–H groups in total. The molecule has 2 heterocycles. The van der Waals surface area contributed by atoms with Crippen molar-refractivity contribution >= 4 is 34.4 Å². The molecule has 5 rings (SSSR count). The summed E-state index contributed by atoms with van der Waals surface area (Å²) in [6, 6.07) is 18.5. The summed E-state index contributed by atoms with van der Waals surface area (Å²) < 4.78 is 5.71. The average Bonchev–Trinajstić information content (AvgIpc) is 3.28. The fraction of sp³-hybridized carbons (Fsp3) is 0.259. The Balaban J connectivity index is 1.82. The van der Waals surface area contributed by atoms with E-state index in [0.29, 0.717) is 22.6 Å². The van der Waals surface area contributed by atoms with Crippen LogP contribution >= 0.6 is 11.3 Å². The number of methoxy groups -OCH3 is 1. The first-order chi connectivity index (χ1) is 15.9. The largest absolute Gasteiger partial charge is 0.496 e. The van der Waals surface area contributed by atoms with Crippen LogP contribution in [0.15, 0.2) is 77.3 Å². The van der Waals surface area contributed by atoms with E-state index in [0.717, 1.165) is 29.1 Å². The van der Waals surface area contributed by atoms with Gasteiger partial charge in [0.05, 0.1) is 29.4 Å². The first-order valence-electron chi connectivity index (χ1n) is 11.0. The lowest BCUT2D eigenvalue weighted by molar-refractivity contribution is -0.118. The van der Waals surface area contributed by atoms with Gasteiger partial charge >= 0.3 is 0 Å². The molecule has 0 saturated carbocycles. The first-order valence-corrected chi connectivity index (χ1v) is 11.9. The number of Topliss-reactive ketones (excluding diaryl/α,β-unsaturated/α-hetero) is 1. The number of nitrogens with one attached hydrogen (secondary N) is 1. The van der Waals surface area contributed by atoms with E-state index in [-0.39, 0.29) is 17.1 Å². The quantitative estimate of drug-likeness (QED) is 0.507. The predicted molar refractivity (Wildman–Crippen MR) is 132 cm³/mol. The topological polar surface area (TPSA) is 58.6 Å². The molecule has 0 radical (unpaired) electrons. The Morgan fingerprint density at radius 1 is 1.06 bits per heavy atom. The fourth-order valence-electron chi connectivity index (χ4n) is 4.92. The van der Waals surface area contributed by atoms with Gasteiger partial charge in [0.15, 0.2) is 5.78 Å². The summed E-state index contributed by atoms with van der Waals surface area (Å²) in [4.78, 5) is 30.1. The lowest BCUT2D eigenvalue weighted by atomic mass is 9.73. The third-order valence-corrected chi connectivity index (χ3v) is 7.14. The molecule has 0 fully saturated rings. The van der Waals surface area contributed by atoms with E-state index in [1.54, 1.807) is 12.0 Å². The van der Waals surface area contributed by atoms with Crippen molar-refractivity contribution in [3.63, 3.8) is 0 Å². The normalized spacial score (nSPS) is 19.3. The monoisotopic (exact) mass is 458 g/mol. The highest BCUT2D eigenvalue weighted by atomic mass is 32.1. The van der Waals surface area contributed by atoms with Crippen molar-refractivity contribution in [2.45, 2.75) is 32.7 Å². The highest BCUT2D eigenvalue weighted by Crippen LogP contribution is 2.50. The van der Waals surface area contributed by atoms with E-state index in [9.17, 15) is 9.59 Å². The lowest BCUT2D eigenvalue weighted by Crippen LogP contribution is -2.39. The van der Waals surface area contributed by atoms with Gasteiger partial charge in [-0.25, -0.2) is 0 Å². The molecule has 1 atom stereocenters. The average molecular weight is 459 g/mol. The van der Waals surface area contributed by atoms with Gasteiger partial charge in [-0.05, 0) is 41.5 Å². The standard InChI is InChI=1S/C27H26N2O3S/c1-27(2)15-19-24(21(30)16-27)25(17-9-4-7-12-22(17)32-3)29(26(31)23-13-8-14-33-23)20-11-6-5-10-18(20)28-19/h4-14,25,28H,15-16H2,1-3H3/t25-/m1/s1. The van der Waals surface area contributed by atoms with Crippen LogP contribution in [0.2, 0.25) is 0 Å². The summed E-state index contributed by atoms with van der Waals surface area (Å²) in [6.45, 7) is 4.22. The smallest absolute Gasteiger partial charge is 0.269 e. The number of thiophene rings is 1. The van der Waals surface area contributed by atoms with Gasteiger partial charge in [-0.15, -0.1) is 11.3 Å². The maximum absolute atomic E-state index is 14.0. The second-order valence-electron chi connectivity index (χ2n) is 9.27. The number of carbonyl (C=O) groups excluding carboxylic acids is 2. The van der Waals surface area contributed by atoms with Gasteiger partial charge in [0.2, 0.25) is 0 Å². The van der Waals surface area contributed by atoms with Gasteiger partial charge in [-0.1, -0.05) is 50.2 Å². The number of ketones is 1. The maximum atomic E-state index is 14.0. The van der Waals surface area contributed by atoms with Crippen LogP contribution in [0.5, 0.6) is 5.75 Å². The zero-order valence-electron chi connectivity index (χ0n) is 18.9. The summed E-state index contributed by atoms with van der Waals surface area (Å²) >= 11 is 1.40. The highest BCUT2D eigenvalue weighted by molar-refractivity contribution is 7.12. The van der Waals surface area contributed by atoms with Crippen LogP contribution in [0.25, 0.3) is 0 Å². The van der Waals surface area contributed by atoms with Crippen LogP contribution in [0.4, 0.5) is 11.4 Å². The minimum Gasteiger partial charge on any atom is -0.496 e. The van der Waals surface area contributed by atoms with Crippen molar-refractivity contribution in [2.75, 3.05) is 17.3 Å². The predicted octanol–water partition coefficient (Wildman–Crippen LogP) is 6.21. The van der Waals surface area contributed by atoms with Crippen LogP contribution in [0.3, 0.4) is 0 Å². The van der Waals surface area contributed by atoms with Crippen LogP contribution in [0, 0.1) is 5.41 Å². The van der Waals surface area contributed by atoms with Crippen LogP contribution < -0.4 is 15.0 Å². The number of amides is 1. The zero-order chi connectivity index (χ0) is 23.2. The molecule has 0 bridgehead atoms. The second kappa shape index (κ2) is 8.19. The summed E-state index contributed by atoms with van der Waals surface area (Å²) in [5, 5.41) is 5.44. The van der Waals surface area contributed by atoms with E-state index < -0.39 is 6.04 Å². The molecule has 6 heteroatoms. The Hall–Kier alpha value is -3.38. The zero-order valence-corrected chi connectivity index (χ0v) is 19.7.